The SMILES string of the molecule is CCCC(c1ccc(CCCCCCCCCCCCCCCCc2ccc(C(CCC)c3ccc(N)cc3C)cc2)cc1)c1ccc(N)cc1C. The maximum absolute atomic E-state index is 6.03. The van der Waals surface area contributed by atoms with E-state index in [2.05, 4.69) is 113 Å². The second kappa shape index (κ2) is 23.2. The van der Waals surface area contributed by atoms with Crippen LogP contribution in [0.2, 0.25) is 0 Å². The summed E-state index contributed by atoms with van der Waals surface area (Å²) in [4.78, 5) is 0. The number of hydrogen-bond acceptors (Lipinski definition) is 2. The number of nitrogen functional groups attached to an aromatic ring is 2. The monoisotopic (exact) mass is 701 g/mol. The number of aryl methyl sites for hydroxylation is 4. The van der Waals surface area contributed by atoms with E-state index in [1.807, 2.05) is 0 Å². The summed E-state index contributed by atoms with van der Waals surface area (Å²) in [5, 5.41) is 0. The van der Waals surface area contributed by atoms with Crippen LogP contribution in [-0.2, 0) is 12.8 Å². The van der Waals surface area contributed by atoms with Gasteiger partial charge in [0, 0.05) is 23.2 Å². The average Bonchev–Trinajstić information content (AvgIpc) is 3.14. The highest BCUT2D eigenvalue weighted by molar-refractivity contribution is 5.49. The van der Waals surface area contributed by atoms with Crippen molar-refractivity contribution in [1.82, 2.24) is 0 Å². The first-order chi connectivity index (χ1) is 25.4. The van der Waals surface area contributed by atoms with Gasteiger partial charge in [-0.05, 0) is 121 Å². The first-order valence-corrected chi connectivity index (χ1v) is 21.3. The molecule has 0 radical (unpaired) electrons. The highest BCUT2D eigenvalue weighted by Crippen LogP contribution is 2.34. The van der Waals surface area contributed by atoms with Crippen LogP contribution in [0, 0.1) is 13.8 Å². The molecule has 4 N–H and O–H groups in total. The predicted molar refractivity (Wildman–Crippen MR) is 230 cm³/mol. The van der Waals surface area contributed by atoms with Gasteiger partial charge in [-0.3, -0.25) is 0 Å². The molecule has 0 aromatic heterocycles. The fourth-order valence-electron chi connectivity index (χ4n) is 8.37. The van der Waals surface area contributed by atoms with Crippen LogP contribution in [0.1, 0.15) is 186 Å². The van der Waals surface area contributed by atoms with Crippen molar-refractivity contribution >= 4 is 11.4 Å². The van der Waals surface area contributed by atoms with E-state index in [9.17, 15) is 0 Å². The third-order valence-electron chi connectivity index (χ3n) is 11.4. The smallest absolute Gasteiger partial charge is 0.0316 e. The van der Waals surface area contributed by atoms with Gasteiger partial charge in [0.25, 0.3) is 0 Å². The maximum Gasteiger partial charge on any atom is 0.0316 e. The minimum Gasteiger partial charge on any atom is -0.399 e. The third-order valence-corrected chi connectivity index (χ3v) is 11.4. The molecule has 0 aliphatic carbocycles. The van der Waals surface area contributed by atoms with Crippen LogP contribution in [0.15, 0.2) is 84.9 Å². The fourth-order valence-corrected chi connectivity index (χ4v) is 8.37. The topological polar surface area (TPSA) is 52.0 Å². The van der Waals surface area contributed by atoms with Crippen LogP contribution in [-0.4, -0.2) is 0 Å². The van der Waals surface area contributed by atoms with Crippen molar-refractivity contribution in [2.75, 3.05) is 11.5 Å². The Labute approximate surface area is 319 Å². The van der Waals surface area contributed by atoms with Crippen molar-refractivity contribution in [2.45, 2.75) is 168 Å². The summed E-state index contributed by atoms with van der Waals surface area (Å²) < 4.78 is 0. The molecule has 52 heavy (non-hydrogen) atoms. The molecule has 0 amide bonds. The Morgan fingerprint density at radius 2 is 0.712 bits per heavy atom. The van der Waals surface area contributed by atoms with E-state index in [1.165, 1.54) is 173 Å². The molecule has 2 heteroatoms. The Morgan fingerprint density at radius 3 is 1.00 bits per heavy atom. The number of hydrogen-bond donors (Lipinski definition) is 2. The molecular formula is C50H72N2. The van der Waals surface area contributed by atoms with Gasteiger partial charge in [-0.1, -0.05) is 164 Å². The zero-order valence-corrected chi connectivity index (χ0v) is 33.5. The molecule has 0 spiro atoms. The number of benzene rings is 4. The Hall–Kier alpha value is -3.52. The van der Waals surface area contributed by atoms with Crippen molar-refractivity contribution in [3.63, 3.8) is 0 Å². The zero-order valence-electron chi connectivity index (χ0n) is 33.5. The molecule has 0 saturated carbocycles. The number of unbranched alkanes of at least 4 members (excludes halogenated alkanes) is 13. The van der Waals surface area contributed by atoms with Crippen molar-refractivity contribution in [3.8, 4) is 0 Å². The van der Waals surface area contributed by atoms with E-state index in [0.29, 0.717) is 11.8 Å². The molecule has 282 valence electrons. The summed E-state index contributed by atoms with van der Waals surface area (Å²) in [6, 6.07) is 31.8. The van der Waals surface area contributed by atoms with E-state index >= 15 is 0 Å². The van der Waals surface area contributed by atoms with Gasteiger partial charge in [0.1, 0.15) is 0 Å². The van der Waals surface area contributed by atoms with E-state index < -0.39 is 0 Å². The van der Waals surface area contributed by atoms with Crippen LogP contribution >= 0.6 is 0 Å². The summed E-state index contributed by atoms with van der Waals surface area (Å²) in [7, 11) is 0. The molecule has 2 nitrogen and oxygen atoms in total. The summed E-state index contributed by atoms with van der Waals surface area (Å²) in [6.45, 7) is 8.96. The lowest BCUT2D eigenvalue weighted by atomic mass is 9.84. The Kier molecular flexibility index (Phi) is 18.4. The van der Waals surface area contributed by atoms with Gasteiger partial charge >= 0.3 is 0 Å². The van der Waals surface area contributed by atoms with Crippen molar-refractivity contribution in [2.24, 2.45) is 0 Å². The maximum atomic E-state index is 6.03. The molecular weight excluding hydrogens is 629 g/mol. The fraction of sp³-hybridized carbons (Fsp3) is 0.520. The van der Waals surface area contributed by atoms with Gasteiger partial charge in [-0.25, -0.2) is 0 Å². The summed E-state index contributed by atoms with van der Waals surface area (Å²) in [5.41, 5.74) is 25.1. The second-order valence-corrected chi connectivity index (χ2v) is 15.8. The highest BCUT2D eigenvalue weighted by atomic mass is 14.5. The first kappa shape index (κ1) is 41.2. The molecule has 4 aromatic carbocycles. The summed E-state index contributed by atoms with van der Waals surface area (Å²) in [5.74, 6) is 0.919. The second-order valence-electron chi connectivity index (χ2n) is 15.8. The van der Waals surface area contributed by atoms with Crippen LogP contribution in [0.4, 0.5) is 11.4 Å². The summed E-state index contributed by atoms with van der Waals surface area (Å²) >= 11 is 0. The highest BCUT2D eigenvalue weighted by Gasteiger charge is 2.17. The molecule has 0 saturated heterocycles. The predicted octanol–water partition coefficient (Wildman–Crippen LogP) is 14.6. The molecule has 4 rings (SSSR count). The molecule has 0 aliphatic rings. The Bertz CT molecular complexity index is 1430. The molecule has 2 unspecified atom stereocenters. The third kappa shape index (κ3) is 13.8. The Balaban J connectivity index is 0.976. The van der Waals surface area contributed by atoms with Gasteiger partial charge in [-0.15, -0.1) is 0 Å². The van der Waals surface area contributed by atoms with E-state index in [1.54, 1.807) is 0 Å². The van der Waals surface area contributed by atoms with E-state index in [4.69, 9.17) is 11.5 Å². The van der Waals surface area contributed by atoms with Crippen LogP contribution < -0.4 is 11.5 Å². The molecule has 0 heterocycles. The lowest BCUT2D eigenvalue weighted by Gasteiger charge is -2.20. The van der Waals surface area contributed by atoms with Gasteiger partial charge < -0.3 is 11.5 Å². The summed E-state index contributed by atoms with van der Waals surface area (Å²) in [6.07, 6.45) is 26.6. The molecule has 0 fully saturated rings. The van der Waals surface area contributed by atoms with Crippen LogP contribution in [0.25, 0.3) is 0 Å². The van der Waals surface area contributed by atoms with E-state index in [-0.39, 0.29) is 0 Å². The quantitative estimate of drug-likeness (QED) is 0.0534. The average molecular weight is 701 g/mol. The van der Waals surface area contributed by atoms with Crippen molar-refractivity contribution < 1.29 is 0 Å². The van der Waals surface area contributed by atoms with Gasteiger partial charge in [0.05, 0.1) is 0 Å². The van der Waals surface area contributed by atoms with Gasteiger partial charge in [0.2, 0.25) is 0 Å². The molecule has 2 atom stereocenters. The minimum absolute atomic E-state index is 0.459. The van der Waals surface area contributed by atoms with Crippen molar-refractivity contribution in [3.05, 3.63) is 129 Å². The number of anilines is 2. The van der Waals surface area contributed by atoms with Crippen molar-refractivity contribution in [1.29, 1.82) is 0 Å². The zero-order chi connectivity index (χ0) is 37.0. The van der Waals surface area contributed by atoms with Crippen LogP contribution in [0.5, 0.6) is 0 Å². The number of nitrogens with two attached hydrogens (primary N) is 2. The lowest BCUT2D eigenvalue weighted by Crippen LogP contribution is -2.04. The molecule has 0 bridgehead atoms. The van der Waals surface area contributed by atoms with E-state index in [0.717, 1.165) is 11.4 Å². The van der Waals surface area contributed by atoms with Gasteiger partial charge in [-0.2, -0.15) is 0 Å². The molecule has 4 aromatic rings. The standard InChI is InChI=1S/C50H72N2/c1-5-21-49(47-35-33-45(51)37-39(47)3)43-29-25-41(26-30-43)23-19-17-15-13-11-9-7-8-10-12-14-16-18-20-24-42-27-31-44(32-28-42)50(22-6-2)48-36-34-46(52)38-40(48)4/h25-38,49-50H,5-24,51-52H2,1-4H3. The Morgan fingerprint density at radius 1 is 0.404 bits per heavy atom. The number of rotatable bonds is 25. The minimum atomic E-state index is 0.459. The largest absolute Gasteiger partial charge is 0.399 e. The van der Waals surface area contributed by atoms with Crippen LogP contribution in [0.3, 0.4) is 0 Å². The normalized spacial score (nSPS) is 12.6. The van der Waals surface area contributed by atoms with Gasteiger partial charge in [0.15, 0.2) is 0 Å². The first-order valence-electron chi connectivity index (χ1n) is 21.3. The lowest BCUT2D eigenvalue weighted by molar-refractivity contribution is 0.533. The molecule has 0 aliphatic heterocycles.